The summed E-state index contributed by atoms with van der Waals surface area (Å²) in [5, 5.41) is 3.32. The number of carbonyl (C=O) groups excluding carboxylic acids is 1. The molecule has 0 bridgehead atoms. The molecule has 1 atom stereocenters. The minimum absolute atomic E-state index is 0.139. The van der Waals surface area contributed by atoms with Gasteiger partial charge in [-0.2, -0.15) is 0 Å². The maximum Gasteiger partial charge on any atom is 0.252 e. The Kier molecular flexibility index (Phi) is 4.09. The van der Waals surface area contributed by atoms with Crippen LogP contribution < -0.4 is 11.1 Å². The van der Waals surface area contributed by atoms with Crippen LogP contribution in [-0.4, -0.2) is 37.0 Å². The number of carbonyl (C=O) groups is 1. The van der Waals surface area contributed by atoms with Crippen LogP contribution in [0, 0.1) is 0 Å². The third-order valence-corrected chi connectivity index (χ3v) is 3.72. The lowest BCUT2D eigenvalue weighted by Crippen LogP contribution is -2.38. The Labute approximate surface area is 112 Å². The number of halogens is 1. The molecule has 0 aromatic heterocycles. The van der Waals surface area contributed by atoms with Crippen LogP contribution in [0.25, 0.3) is 0 Å². The van der Waals surface area contributed by atoms with E-state index < -0.39 is 0 Å². The lowest BCUT2D eigenvalue weighted by atomic mass is 10.1. The fourth-order valence-corrected chi connectivity index (χ4v) is 2.53. The average molecular weight is 268 g/mol. The minimum atomic E-state index is -0.139. The van der Waals surface area contributed by atoms with Gasteiger partial charge in [0, 0.05) is 18.3 Å². The zero-order valence-electron chi connectivity index (χ0n) is 10.4. The van der Waals surface area contributed by atoms with Crippen molar-refractivity contribution in [2.75, 3.05) is 25.9 Å². The first kappa shape index (κ1) is 13.2. The molecule has 1 fully saturated rings. The zero-order valence-corrected chi connectivity index (χ0v) is 11.2. The third-order valence-electron chi connectivity index (χ3n) is 3.41. The Hall–Kier alpha value is -1.26. The molecule has 1 aliphatic heterocycles. The average Bonchev–Trinajstić information content (AvgIpc) is 2.72. The first-order chi connectivity index (χ1) is 8.58. The first-order valence-electron chi connectivity index (χ1n) is 6.11. The summed E-state index contributed by atoms with van der Waals surface area (Å²) < 4.78 is 0. The highest BCUT2D eigenvalue weighted by molar-refractivity contribution is 6.34. The monoisotopic (exact) mass is 267 g/mol. The molecule has 0 aliphatic carbocycles. The number of hydrogen-bond acceptors (Lipinski definition) is 3. The van der Waals surface area contributed by atoms with E-state index in [0.717, 1.165) is 13.0 Å². The van der Waals surface area contributed by atoms with Crippen LogP contribution in [0.2, 0.25) is 5.02 Å². The number of nitrogens with zero attached hydrogens (tertiary/aromatic N) is 1. The van der Waals surface area contributed by atoms with Crippen LogP contribution in [0.4, 0.5) is 5.69 Å². The summed E-state index contributed by atoms with van der Waals surface area (Å²) in [6, 6.07) is 5.37. The Morgan fingerprint density at radius 1 is 1.61 bits per heavy atom. The highest BCUT2D eigenvalue weighted by Crippen LogP contribution is 2.19. The molecule has 1 heterocycles. The van der Waals surface area contributed by atoms with Gasteiger partial charge in [0.1, 0.15) is 0 Å². The van der Waals surface area contributed by atoms with Crippen molar-refractivity contribution in [2.45, 2.75) is 18.9 Å². The lowest BCUT2D eigenvalue weighted by Gasteiger charge is -2.19. The summed E-state index contributed by atoms with van der Waals surface area (Å²) in [5.41, 5.74) is 6.64. The molecule has 5 heteroatoms. The van der Waals surface area contributed by atoms with Gasteiger partial charge < -0.3 is 16.0 Å². The van der Waals surface area contributed by atoms with Gasteiger partial charge in [-0.05, 0) is 44.6 Å². The smallest absolute Gasteiger partial charge is 0.252 e. The van der Waals surface area contributed by atoms with E-state index >= 15 is 0 Å². The molecular weight excluding hydrogens is 250 g/mol. The topological polar surface area (TPSA) is 58.4 Å². The quantitative estimate of drug-likeness (QED) is 0.821. The molecule has 4 nitrogen and oxygen atoms in total. The predicted molar refractivity (Wildman–Crippen MR) is 73.8 cm³/mol. The number of benzene rings is 1. The van der Waals surface area contributed by atoms with Gasteiger partial charge in [-0.1, -0.05) is 11.6 Å². The summed E-state index contributed by atoms with van der Waals surface area (Å²) in [5.74, 6) is -0.139. The number of nitrogen functional groups attached to an aromatic ring is 1. The van der Waals surface area contributed by atoms with Crippen molar-refractivity contribution < 1.29 is 4.79 Å². The van der Waals surface area contributed by atoms with Crippen LogP contribution in [-0.2, 0) is 0 Å². The lowest BCUT2D eigenvalue weighted by molar-refractivity contribution is 0.0944. The zero-order chi connectivity index (χ0) is 13.1. The van der Waals surface area contributed by atoms with E-state index in [1.807, 2.05) is 0 Å². The van der Waals surface area contributed by atoms with Crippen LogP contribution in [0.15, 0.2) is 18.2 Å². The van der Waals surface area contributed by atoms with Crippen LogP contribution in [0.3, 0.4) is 0 Å². The fourth-order valence-electron chi connectivity index (χ4n) is 2.26. The number of likely N-dealkylation sites (N-methyl/N-ethyl adjacent to an activating group) is 1. The van der Waals surface area contributed by atoms with Gasteiger partial charge in [0.2, 0.25) is 0 Å². The van der Waals surface area contributed by atoms with Gasteiger partial charge >= 0.3 is 0 Å². The van der Waals surface area contributed by atoms with Crippen molar-refractivity contribution in [2.24, 2.45) is 0 Å². The molecule has 1 aliphatic rings. The van der Waals surface area contributed by atoms with E-state index in [0.29, 0.717) is 28.9 Å². The van der Waals surface area contributed by atoms with Crippen molar-refractivity contribution in [1.29, 1.82) is 0 Å². The van der Waals surface area contributed by atoms with E-state index in [9.17, 15) is 4.79 Å². The van der Waals surface area contributed by atoms with Crippen molar-refractivity contribution in [3.63, 3.8) is 0 Å². The molecule has 3 N–H and O–H groups in total. The van der Waals surface area contributed by atoms with E-state index in [-0.39, 0.29) is 5.91 Å². The van der Waals surface area contributed by atoms with E-state index in [1.54, 1.807) is 18.2 Å². The Balaban J connectivity index is 1.95. The maximum absolute atomic E-state index is 12.0. The van der Waals surface area contributed by atoms with Crippen molar-refractivity contribution >= 4 is 23.2 Å². The van der Waals surface area contributed by atoms with Crippen molar-refractivity contribution in [1.82, 2.24) is 10.2 Å². The number of likely N-dealkylation sites (tertiary alicyclic amines) is 1. The minimum Gasteiger partial charge on any atom is -0.399 e. The largest absolute Gasteiger partial charge is 0.399 e. The van der Waals surface area contributed by atoms with E-state index in [4.69, 9.17) is 17.3 Å². The molecule has 1 aromatic carbocycles. The number of hydrogen-bond donors (Lipinski definition) is 2. The van der Waals surface area contributed by atoms with Crippen molar-refractivity contribution in [3.8, 4) is 0 Å². The highest BCUT2D eigenvalue weighted by atomic mass is 35.5. The second-order valence-corrected chi connectivity index (χ2v) is 5.13. The number of anilines is 1. The molecule has 1 amide bonds. The summed E-state index contributed by atoms with van der Waals surface area (Å²) in [6.07, 6.45) is 2.33. The van der Waals surface area contributed by atoms with Crippen LogP contribution >= 0.6 is 11.6 Å². The molecule has 0 radical (unpaired) electrons. The molecule has 0 saturated carbocycles. The second-order valence-electron chi connectivity index (χ2n) is 4.73. The number of amides is 1. The number of rotatable bonds is 3. The molecule has 0 spiro atoms. The molecule has 98 valence electrons. The van der Waals surface area contributed by atoms with Crippen molar-refractivity contribution in [3.05, 3.63) is 28.8 Å². The maximum atomic E-state index is 12.0. The number of nitrogens with two attached hydrogens (primary N) is 1. The Morgan fingerprint density at radius 3 is 3.00 bits per heavy atom. The molecule has 1 unspecified atom stereocenters. The van der Waals surface area contributed by atoms with Gasteiger partial charge in [-0.3, -0.25) is 4.79 Å². The SMILES string of the molecule is CN1CCCC1CNC(=O)c1ccc(N)cc1Cl. The van der Waals surface area contributed by atoms with Crippen LogP contribution in [0.1, 0.15) is 23.2 Å². The summed E-state index contributed by atoms with van der Waals surface area (Å²) in [7, 11) is 2.08. The molecule has 1 aromatic rings. The summed E-state index contributed by atoms with van der Waals surface area (Å²) >= 11 is 6.00. The molecular formula is C13H18ClN3O. The Morgan fingerprint density at radius 2 is 2.39 bits per heavy atom. The fraction of sp³-hybridized carbons (Fsp3) is 0.462. The number of nitrogens with one attached hydrogen (secondary N) is 1. The highest BCUT2D eigenvalue weighted by Gasteiger charge is 2.21. The Bertz CT molecular complexity index is 450. The summed E-state index contributed by atoms with van der Waals surface area (Å²) in [4.78, 5) is 14.3. The predicted octanol–water partition coefficient (Wildman–Crippen LogP) is 1.75. The van der Waals surface area contributed by atoms with Gasteiger partial charge in [0.15, 0.2) is 0 Å². The van der Waals surface area contributed by atoms with E-state index in [1.165, 1.54) is 6.42 Å². The normalized spacial score (nSPS) is 20.0. The molecule has 18 heavy (non-hydrogen) atoms. The van der Waals surface area contributed by atoms with Gasteiger partial charge in [0.25, 0.3) is 5.91 Å². The standard InChI is InChI=1S/C13H18ClN3O/c1-17-6-2-3-10(17)8-16-13(18)11-5-4-9(15)7-12(11)14/h4-5,7,10H,2-3,6,8,15H2,1H3,(H,16,18). The van der Waals surface area contributed by atoms with Gasteiger partial charge in [0.05, 0.1) is 10.6 Å². The molecule has 1 saturated heterocycles. The van der Waals surface area contributed by atoms with Gasteiger partial charge in [-0.15, -0.1) is 0 Å². The van der Waals surface area contributed by atoms with Crippen LogP contribution in [0.5, 0.6) is 0 Å². The van der Waals surface area contributed by atoms with Gasteiger partial charge in [-0.25, -0.2) is 0 Å². The summed E-state index contributed by atoms with van der Waals surface area (Å²) in [6.45, 7) is 1.76. The van der Waals surface area contributed by atoms with E-state index in [2.05, 4.69) is 17.3 Å². The first-order valence-corrected chi connectivity index (χ1v) is 6.49. The third kappa shape index (κ3) is 2.94. The second kappa shape index (κ2) is 5.59. The molecule has 2 rings (SSSR count).